The van der Waals surface area contributed by atoms with E-state index in [2.05, 4.69) is 0 Å². The summed E-state index contributed by atoms with van der Waals surface area (Å²) in [5, 5.41) is -0.484. The van der Waals surface area contributed by atoms with Gasteiger partial charge in [-0.25, -0.2) is 4.79 Å². The maximum absolute atomic E-state index is 10.9. The summed E-state index contributed by atoms with van der Waals surface area (Å²) in [5.74, 6) is -0.351. The van der Waals surface area contributed by atoms with Crippen LogP contribution in [0.5, 0.6) is 0 Å². The zero-order valence-corrected chi connectivity index (χ0v) is 7.64. The van der Waals surface area contributed by atoms with Crippen molar-refractivity contribution in [3.05, 3.63) is 11.1 Å². The van der Waals surface area contributed by atoms with Gasteiger partial charge in [0.15, 0.2) is 0 Å². The van der Waals surface area contributed by atoms with Crippen LogP contribution in [0.15, 0.2) is 11.1 Å². The molecule has 1 rings (SSSR count). The van der Waals surface area contributed by atoms with Crippen LogP contribution < -0.4 is 0 Å². The van der Waals surface area contributed by atoms with Gasteiger partial charge in [0, 0.05) is 5.57 Å². The van der Waals surface area contributed by atoms with Gasteiger partial charge in [-0.3, -0.25) is 4.79 Å². The van der Waals surface area contributed by atoms with Crippen LogP contribution in [0.1, 0.15) is 20.3 Å². The van der Waals surface area contributed by atoms with Gasteiger partial charge in [0.25, 0.3) is 0 Å². The van der Waals surface area contributed by atoms with Gasteiger partial charge in [-0.05, 0) is 31.0 Å². The van der Waals surface area contributed by atoms with Crippen molar-refractivity contribution in [1.82, 2.24) is 0 Å². The summed E-state index contributed by atoms with van der Waals surface area (Å²) in [6.45, 7) is 3.45. The molecule has 66 valence electrons. The number of carbonyl (C=O) groups is 2. The summed E-state index contributed by atoms with van der Waals surface area (Å²) < 4.78 is 4.88. The highest BCUT2D eigenvalue weighted by Crippen LogP contribution is 2.24. The molecule has 0 bridgehead atoms. The lowest BCUT2D eigenvalue weighted by Crippen LogP contribution is -2.13. The van der Waals surface area contributed by atoms with Crippen LogP contribution >= 0.6 is 11.6 Å². The van der Waals surface area contributed by atoms with Gasteiger partial charge in [-0.15, -0.1) is 0 Å². The fourth-order valence-corrected chi connectivity index (χ4v) is 1.19. The second kappa shape index (κ2) is 3.27. The standard InChI is InChI=1S/C8H9ClO3/c1-4-5(2)8(11)12-6(4)3-7(9)10/h6H,3H2,1-2H3. The topological polar surface area (TPSA) is 43.4 Å². The van der Waals surface area contributed by atoms with Crippen molar-refractivity contribution in [2.24, 2.45) is 0 Å². The lowest BCUT2D eigenvalue weighted by atomic mass is 10.1. The maximum Gasteiger partial charge on any atom is 0.334 e. The van der Waals surface area contributed by atoms with E-state index in [4.69, 9.17) is 16.3 Å². The molecule has 0 aromatic rings. The lowest BCUT2D eigenvalue weighted by Gasteiger charge is -2.07. The van der Waals surface area contributed by atoms with E-state index in [-0.39, 0.29) is 12.4 Å². The molecule has 0 aliphatic carbocycles. The van der Waals surface area contributed by atoms with Crippen molar-refractivity contribution in [3.8, 4) is 0 Å². The molecule has 1 aliphatic rings. The summed E-state index contributed by atoms with van der Waals surface area (Å²) in [6.07, 6.45) is -0.376. The summed E-state index contributed by atoms with van der Waals surface area (Å²) in [7, 11) is 0. The Morgan fingerprint density at radius 2 is 2.17 bits per heavy atom. The third kappa shape index (κ3) is 1.67. The Kier molecular flexibility index (Phi) is 2.52. The molecule has 12 heavy (non-hydrogen) atoms. The first kappa shape index (κ1) is 9.26. The predicted octanol–water partition coefficient (Wildman–Crippen LogP) is 1.40. The number of hydrogen-bond donors (Lipinski definition) is 0. The molecule has 1 aliphatic heterocycles. The van der Waals surface area contributed by atoms with Gasteiger partial charge in [-0.1, -0.05) is 0 Å². The average Bonchev–Trinajstić information content (AvgIpc) is 2.17. The second-order valence-corrected chi connectivity index (χ2v) is 3.18. The van der Waals surface area contributed by atoms with E-state index in [9.17, 15) is 9.59 Å². The van der Waals surface area contributed by atoms with Crippen LogP contribution in [0.2, 0.25) is 0 Å². The minimum atomic E-state index is -0.484. The molecule has 4 heteroatoms. The molecule has 1 unspecified atom stereocenters. The van der Waals surface area contributed by atoms with Crippen molar-refractivity contribution in [2.75, 3.05) is 0 Å². The van der Waals surface area contributed by atoms with E-state index in [1.807, 2.05) is 0 Å². The third-order valence-corrected chi connectivity index (χ3v) is 2.13. The molecule has 0 radical (unpaired) electrons. The fraction of sp³-hybridized carbons (Fsp3) is 0.500. The molecule has 0 N–H and O–H groups in total. The fourth-order valence-electron chi connectivity index (χ4n) is 1.05. The highest BCUT2D eigenvalue weighted by Gasteiger charge is 2.29. The van der Waals surface area contributed by atoms with Gasteiger partial charge in [0.05, 0.1) is 6.42 Å². The lowest BCUT2D eigenvalue weighted by molar-refractivity contribution is -0.140. The quantitative estimate of drug-likeness (QED) is 0.486. The molecule has 0 fully saturated rings. The van der Waals surface area contributed by atoms with E-state index >= 15 is 0 Å². The van der Waals surface area contributed by atoms with Gasteiger partial charge >= 0.3 is 5.97 Å². The van der Waals surface area contributed by atoms with Gasteiger partial charge in [-0.2, -0.15) is 0 Å². The largest absolute Gasteiger partial charge is 0.454 e. The Bertz CT molecular complexity index is 267. The van der Waals surface area contributed by atoms with E-state index in [1.165, 1.54) is 0 Å². The van der Waals surface area contributed by atoms with Crippen LogP contribution in [-0.2, 0) is 14.3 Å². The van der Waals surface area contributed by atoms with Crippen LogP contribution in [-0.4, -0.2) is 17.3 Å². The number of rotatable bonds is 2. The number of cyclic esters (lactones) is 1. The Morgan fingerprint density at radius 3 is 2.50 bits per heavy atom. The van der Waals surface area contributed by atoms with Crippen molar-refractivity contribution >= 4 is 22.8 Å². The monoisotopic (exact) mass is 188 g/mol. The normalized spacial score (nSPS) is 22.9. The van der Waals surface area contributed by atoms with Crippen LogP contribution in [0.3, 0.4) is 0 Å². The van der Waals surface area contributed by atoms with Gasteiger partial charge in [0.2, 0.25) is 5.24 Å². The van der Waals surface area contributed by atoms with Crippen molar-refractivity contribution < 1.29 is 14.3 Å². The van der Waals surface area contributed by atoms with E-state index in [1.54, 1.807) is 13.8 Å². The summed E-state index contributed by atoms with van der Waals surface area (Å²) >= 11 is 5.17. The van der Waals surface area contributed by atoms with Gasteiger partial charge < -0.3 is 4.74 Å². The summed E-state index contributed by atoms with van der Waals surface area (Å²) in [4.78, 5) is 21.5. The number of halogens is 1. The molecule has 0 amide bonds. The van der Waals surface area contributed by atoms with Crippen LogP contribution in [0, 0.1) is 0 Å². The zero-order chi connectivity index (χ0) is 9.30. The van der Waals surface area contributed by atoms with E-state index < -0.39 is 11.3 Å². The van der Waals surface area contributed by atoms with E-state index in [0.717, 1.165) is 5.57 Å². The van der Waals surface area contributed by atoms with Crippen molar-refractivity contribution in [1.29, 1.82) is 0 Å². The third-order valence-electron chi connectivity index (χ3n) is 1.98. The molecule has 1 heterocycles. The molecule has 3 nitrogen and oxygen atoms in total. The Morgan fingerprint density at radius 1 is 1.58 bits per heavy atom. The zero-order valence-electron chi connectivity index (χ0n) is 6.89. The molecule has 0 aromatic heterocycles. The van der Waals surface area contributed by atoms with Crippen LogP contribution in [0.4, 0.5) is 0 Å². The Labute approximate surface area is 75.3 Å². The van der Waals surface area contributed by atoms with Crippen molar-refractivity contribution in [2.45, 2.75) is 26.4 Å². The molecule has 1 atom stereocenters. The van der Waals surface area contributed by atoms with Crippen molar-refractivity contribution in [3.63, 3.8) is 0 Å². The van der Waals surface area contributed by atoms with Gasteiger partial charge in [0.1, 0.15) is 6.10 Å². The minimum Gasteiger partial charge on any atom is -0.454 e. The Balaban J connectivity index is 2.73. The predicted molar refractivity (Wildman–Crippen MR) is 43.7 cm³/mol. The highest BCUT2D eigenvalue weighted by molar-refractivity contribution is 6.63. The first-order valence-corrected chi connectivity index (χ1v) is 3.97. The SMILES string of the molecule is CC1=C(C)C(CC(=O)Cl)OC1=O. The number of carbonyl (C=O) groups excluding carboxylic acids is 2. The molecule has 0 spiro atoms. The smallest absolute Gasteiger partial charge is 0.334 e. The molecule has 0 saturated carbocycles. The number of esters is 1. The van der Waals surface area contributed by atoms with Crippen LogP contribution in [0.25, 0.3) is 0 Å². The molecule has 0 saturated heterocycles. The molecular formula is C8H9ClO3. The summed E-state index contributed by atoms with van der Waals surface area (Å²) in [5.41, 5.74) is 1.38. The minimum absolute atomic E-state index is 0.0659. The average molecular weight is 189 g/mol. The maximum atomic E-state index is 10.9. The van der Waals surface area contributed by atoms with E-state index in [0.29, 0.717) is 5.57 Å². The summed E-state index contributed by atoms with van der Waals surface area (Å²) in [6, 6.07) is 0. The molecular weight excluding hydrogens is 180 g/mol. The second-order valence-electron chi connectivity index (χ2n) is 2.76. The number of hydrogen-bond acceptors (Lipinski definition) is 3. The Hall–Kier alpha value is -0.830. The highest BCUT2D eigenvalue weighted by atomic mass is 35.5. The first-order chi connectivity index (χ1) is 5.52. The number of ether oxygens (including phenoxy) is 1. The first-order valence-electron chi connectivity index (χ1n) is 3.59. The molecule has 0 aromatic carbocycles.